The van der Waals surface area contributed by atoms with Crippen molar-refractivity contribution in [3.05, 3.63) is 35.4 Å². The molecule has 1 aromatic rings. The summed E-state index contributed by atoms with van der Waals surface area (Å²) in [6, 6.07) is 10.6. The summed E-state index contributed by atoms with van der Waals surface area (Å²) in [6.45, 7) is 10.3. The first kappa shape index (κ1) is 14.1. The molecule has 1 saturated heterocycles. The van der Waals surface area contributed by atoms with Crippen LogP contribution in [0.4, 0.5) is 0 Å². The van der Waals surface area contributed by atoms with E-state index in [4.69, 9.17) is 0 Å². The van der Waals surface area contributed by atoms with Gasteiger partial charge in [0.2, 0.25) is 0 Å². The van der Waals surface area contributed by atoms with Crippen LogP contribution < -0.4 is 5.32 Å². The molecule has 0 aromatic heterocycles. The van der Waals surface area contributed by atoms with Gasteiger partial charge in [0.15, 0.2) is 0 Å². The molecule has 2 nitrogen and oxygen atoms in total. The Kier molecular flexibility index (Phi) is 4.13. The molecule has 0 bridgehead atoms. The van der Waals surface area contributed by atoms with E-state index in [1.54, 1.807) is 0 Å². The van der Waals surface area contributed by atoms with Crippen molar-refractivity contribution in [1.82, 2.24) is 10.2 Å². The molecule has 20 heavy (non-hydrogen) atoms. The molecule has 2 heteroatoms. The Morgan fingerprint density at radius 2 is 1.90 bits per heavy atom. The third-order valence-corrected chi connectivity index (χ3v) is 4.95. The monoisotopic (exact) mass is 272 g/mol. The molecule has 2 aliphatic rings. The highest BCUT2D eigenvalue weighted by Gasteiger charge is 2.35. The molecule has 1 saturated carbocycles. The zero-order chi connectivity index (χ0) is 14.1. The van der Waals surface area contributed by atoms with Crippen LogP contribution in [0.3, 0.4) is 0 Å². The van der Waals surface area contributed by atoms with Gasteiger partial charge >= 0.3 is 0 Å². The molecule has 2 atom stereocenters. The zero-order valence-corrected chi connectivity index (χ0v) is 13.1. The van der Waals surface area contributed by atoms with Gasteiger partial charge in [0.1, 0.15) is 0 Å². The van der Waals surface area contributed by atoms with E-state index < -0.39 is 0 Å². The van der Waals surface area contributed by atoms with E-state index in [0.29, 0.717) is 12.0 Å². The van der Waals surface area contributed by atoms with Crippen molar-refractivity contribution >= 4 is 0 Å². The SMILES string of the molecule is CC(C)c1ccc(CN2CC(C3CC3)NCC2C)cc1. The van der Waals surface area contributed by atoms with E-state index in [2.05, 4.69) is 55.3 Å². The molecule has 0 amide bonds. The molecule has 1 aliphatic heterocycles. The van der Waals surface area contributed by atoms with Crippen LogP contribution >= 0.6 is 0 Å². The fourth-order valence-corrected chi connectivity index (χ4v) is 3.23. The number of rotatable bonds is 4. The minimum Gasteiger partial charge on any atom is -0.311 e. The highest BCUT2D eigenvalue weighted by molar-refractivity contribution is 5.24. The van der Waals surface area contributed by atoms with Crippen LogP contribution in [0.15, 0.2) is 24.3 Å². The van der Waals surface area contributed by atoms with Gasteiger partial charge in [-0.1, -0.05) is 38.1 Å². The van der Waals surface area contributed by atoms with Crippen LogP contribution in [0.2, 0.25) is 0 Å². The van der Waals surface area contributed by atoms with Gasteiger partial charge in [0, 0.05) is 31.7 Å². The van der Waals surface area contributed by atoms with Gasteiger partial charge in [0.05, 0.1) is 0 Å². The molecule has 1 N–H and O–H groups in total. The first-order valence-electron chi connectivity index (χ1n) is 8.19. The van der Waals surface area contributed by atoms with Gasteiger partial charge in [-0.2, -0.15) is 0 Å². The van der Waals surface area contributed by atoms with Crippen molar-refractivity contribution in [2.24, 2.45) is 5.92 Å². The Morgan fingerprint density at radius 1 is 1.20 bits per heavy atom. The molecular weight excluding hydrogens is 244 g/mol. The molecule has 110 valence electrons. The van der Waals surface area contributed by atoms with Gasteiger partial charge in [-0.15, -0.1) is 0 Å². The lowest BCUT2D eigenvalue weighted by molar-refractivity contribution is 0.125. The normalized spacial score (nSPS) is 28.0. The minimum atomic E-state index is 0.626. The van der Waals surface area contributed by atoms with Crippen LogP contribution in [0.1, 0.15) is 50.7 Å². The summed E-state index contributed by atoms with van der Waals surface area (Å²) in [5, 5.41) is 3.73. The average Bonchev–Trinajstić information content (AvgIpc) is 3.26. The molecule has 3 rings (SSSR count). The Hall–Kier alpha value is -0.860. The fraction of sp³-hybridized carbons (Fsp3) is 0.667. The smallest absolute Gasteiger partial charge is 0.0237 e. The van der Waals surface area contributed by atoms with E-state index in [1.165, 1.54) is 30.5 Å². The van der Waals surface area contributed by atoms with Crippen LogP contribution in [0, 0.1) is 5.92 Å². The van der Waals surface area contributed by atoms with Gasteiger partial charge in [-0.25, -0.2) is 0 Å². The van der Waals surface area contributed by atoms with Crippen LogP contribution in [0.25, 0.3) is 0 Å². The number of piperazine rings is 1. The van der Waals surface area contributed by atoms with Gasteiger partial charge in [-0.05, 0) is 42.7 Å². The third-order valence-electron chi connectivity index (χ3n) is 4.95. The zero-order valence-electron chi connectivity index (χ0n) is 13.1. The first-order valence-corrected chi connectivity index (χ1v) is 8.19. The topological polar surface area (TPSA) is 15.3 Å². The molecule has 2 unspecified atom stereocenters. The molecular formula is C18H28N2. The third kappa shape index (κ3) is 3.24. The Balaban J connectivity index is 1.62. The molecule has 0 radical (unpaired) electrons. The largest absolute Gasteiger partial charge is 0.311 e. The van der Waals surface area contributed by atoms with Crippen molar-refractivity contribution in [3.63, 3.8) is 0 Å². The van der Waals surface area contributed by atoms with Crippen molar-refractivity contribution in [3.8, 4) is 0 Å². The predicted molar refractivity (Wildman–Crippen MR) is 84.9 cm³/mol. The maximum absolute atomic E-state index is 3.73. The molecule has 2 fully saturated rings. The second-order valence-electron chi connectivity index (χ2n) is 7.03. The van der Waals surface area contributed by atoms with Crippen LogP contribution in [-0.4, -0.2) is 30.1 Å². The van der Waals surface area contributed by atoms with Crippen molar-refractivity contribution in [2.45, 2.75) is 58.2 Å². The number of nitrogens with zero attached hydrogens (tertiary/aromatic N) is 1. The number of hydrogen-bond acceptors (Lipinski definition) is 2. The lowest BCUT2D eigenvalue weighted by atomic mass is 10.0. The lowest BCUT2D eigenvalue weighted by Gasteiger charge is -2.39. The second kappa shape index (κ2) is 5.87. The van der Waals surface area contributed by atoms with Crippen molar-refractivity contribution in [1.29, 1.82) is 0 Å². The number of benzene rings is 1. The molecule has 0 spiro atoms. The Labute approximate surface area is 123 Å². The Morgan fingerprint density at radius 3 is 2.50 bits per heavy atom. The first-order chi connectivity index (χ1) is 9.63. The summed E-state index contributed by atoms with van der Waals surface area (Å²) in [4.78, 5) is 2.66. The quantitative estimate of drug-likeness (QED) is 0.904. The summed E-state index contributed by atoms with van der Waals surface area (Å²) < 4.78 is 0. The van der Waals surface area contributed by atoms with Crippen LogP contribution in [-0.2, 0) is 6.54 Å². The summed E-state index contributed by atoms with van der Waals surface area (Å²) >= 11 is 0. The van der Waals surface area contributed by atoms with Crippen molar-refractivity contribution in [2.75, 3.05) is 13.1 Å². The van der Waals surface area contributed by atoms with E-state index >= 15 is 0 Å². The summed E-state index contributed by atoms with van der Waals surface area (Å²) in [6.07, 6.45) is 2.87. The highest BCUT2D eigenvalue weighted by atomic mass is 15.2. The lowest BCUT2D eigenvalue weighted by Crippen LogP contribution is -2.55. The average molecular weight is 272 g/mol. The maximum atomic E-state index is 3.73. The van der Waals surface area contributed by atoms with Crippen molar-refractivity contribution < 1.29 is 0 Å². The standard InChI is InChI=1S/C18H28N2/c1-13(2)16-6-4-15(5-7-16)11-20-12-18(17-8-9-17)19-10-14(20)3/h4-7,13-14,17-19H,8-12H2,1-3H3. The molecule has 1 aliphatic carbocycles. The maximum Gasteiger partial charge on any atom is 0.0237 e. The second-order valence-corrected chi connectivity index (χ2v) is 7.03. The fourth-order valence-electron chi connectivity index (χ4n) is 3.23. The van der Waals surface area contributed by atoms with Crippen LogP contribution in [0.5, 0.6) is 0 Å². The summed E-state index contributed by atoms with van der Waals surface area (Å²) in [7, 11) is 0. The van der Waals surface area contributed by atoms with E-state index in [9.17, 15) is 0 Å². The summed E-state index contributed by atoms with van der Waals surface area (Å²) in [5.41, 5.74) is 2.90. The van der Waals surface area contributed by atoms with Gasteiger partial charge in [-0.3, -0.25) is 4.90 Å². The van der Waals surface area contributed by atoms with E-state index in [-0.39, 0.29) is 0 Å². The Bertz CT molecular complexity index is 433. The predicted octanol–water partition coefficient (Wildman–Crippen LogP) is 3.38. The van der Waals surface area contributed by atoms with Gasteiger partial charge in [0.25, 0.3) is 0 Å². The molecule has 1 aromatic carbocycles. The van der Waals surface area contributed by atoms with E-state index in [1.807, 2.05) is 0 Å². The number of nitrogens with one attached hydrogen (secondary N) is 1. The minimum absolute atomic E-state index is 0.626. The number of hydrogen-bond donors (Lipinski definition) is 1. The summed E-state index contributed by atoms with van der Waals surface area (Å²) in [5.74, 6) is 1.58. The van der Waals surface area contributed by atoms with E-state index in [0.717, 1.165) is 25.0 Å². The van der Waals surface area contributed by atoms with Gasteiger partial charge < -0.3 is 5.32 Å². The highest BCUT2D eigenvalue weighted by Crippen LogP contribution is 2.34. The molecule has 1 heterocycles.